The van der Waals surface area contributed by atoms with Gasteiger partial charge in [-0.15, -0.1) is 0 Å². The molecule has 0 amide bonds. The third kappa shape index (κ3) is 3.86. The molecule has 1 aromatic rings. The third-order valence-corrected chi connectivity index (χ3v) is 3.04. The number of esters is 1. The van der Waals surface area contributed by atoms with E-state index in [2.05, 4.69) is 29.2 Å². The molecule has 1 fully saturated rings. The lowest BCUT2D eigenvalue weighted by atomic mass is 10.1. The number of carbonyl (C=O) groups is 1. The summed E-state index contributed by atoms with van der Waals surface area (Å²) in [5, 5.41) is 0. The summed E-state index contributed by atoms with van der Waals surface area (Å²) in [4.78, 5) is 13.3. The number of piperidine rings is 1. The molecule has 3 heteroatoms. The molecule has 1 saturated heterocycles. The van der Waals surface area contributed by atoms with E-state index in [9.17, 15) is 4.79 Å². The minimum absolute atomic E-state index is 0.0740. The Labute approximate surface area is 102 Å². The first-order valence-corrected chi connectivity index (χ1v) is 6.17. The molecule has 0 radical (unpaired) electrons. The average molecular weight is 233 g/mol. The van der Waals surface area contributed by atoms with E-state index in [0.717, 1.165) is 32.5 Å². The van der Waals surface area contributed by atoms with Gasteiger partial charge >= 0.3 is 5.97 Å². The summed E-state index contributed by atoms with van der Waals surface area (Å²) in [6.07, 6.45) is 2.17. The van der Waals surface area contributed by atoms with E-state index in [1.54, 1.807) is 0 Å². The zero-order valence-corrected chi connectivity index (χ0v) is 10.3. The Balaban J connectivity index is 1.87. The molecule has 0 unspecified atom stereocenters. The Morgan fingerprint density at radius 2 is 2.18 bits per heavy atom. The molecular weight excluding hydrogens is 214 g/mol. The van der Waals surface area contributed by atoms with Gasteiger partial charge in [0, 0.05) is 20.0 Å². The van der Waals surface area contributed by atoms with Gasteiger partial charge in [-0.2, -0.15) is 0 Å². The van der Waals surface area contributed by atoms with E-state index >= 15 is 0 Å². The Morgan fingerprint density at radius 3 is 2.88 bits per heavy atom. The number of nitrogens with zero attached hydrogens (tertiary/aromatic N) is 1. The average Bonchev–Trinajstić information content (AvgIpc) is 2.30. The molecule has 1 aromatic carbocycles. The number of hydrogen-bond donors (Lipinski definition) is 0. The summed E-state index contributed by atoms with van der Waals surface area (Å²) in [7, 11) is 0. The molecule has 0 aliphatic carbocycles. The number of rotatable bonds is 3. The standard InChI is InChI=1S/C14H19NO2/c1-12(16)17-14-8-5-9-15(11-14)10-13-6-3-2-4-7-13/h2-4,6-7,14H,5,8-11H2,1H3/t14-/m0/s1. The normalized spacial score (nSPS) is 21.1. The third-order valence-electron chi connectivity index (χ3n) is 3.04. The summed E-state index contributed by atoms with van der Waals surface area (Å²) in [5.74, 6) is -0.170. The van der Waals surface area contributed by atoms with Crippen LogP contribution in [0.4, 0.5) is 0 Å². The molecule has 1 atom stereocenters. The van der Waals surface area contributed by atoms with Gasteiger partial charge in [0.25, 0.3) is 0 Å². The van der Waals surface area contributed by atoms with Crippen LogP contribution in [0, 0.1) is 0 Å². The van der Waals surface area contributed by atoms with Crippen molar-refractivity contribution < 1.29 is 9.53 Å². The van der Waals surface area contributed by atoms with Gasteiger partial charge in [-0.3, -0.25) is 9.69 Å². The number of likely N-dealkylation sites (tertiary alicyclic amines) is 1. The van der Waals surface area contributed by atoms with Crippen LogP contribution in [0.25, 0.3) is 0 Å². The quantitative estimate of drug-likeness (QED) is 0.750. The van der Waals surface area contributed by atoms with E-state index in [1.807, 2.05) is 6.07 Å². The van der Waals surface area contributed by atoms with E-state index in [1.165, 1.54) is 12.5 Å². The van der Waals surface area contributed by atoms with Crippen molar-refractivity contribution in [3.05, 3.63) is 35.9 Å². The van der Waals surface area contributed by atoms with Crippen molar-refractivity contribution in [1.29, 1.82) is 0 Å². The Bertz CT molecular complexity index is 364. The smallest absolute Gasteiger partial charge is 0.302 e. The van der Waals surface area contributed by atoms with E-state index in [0.29, 0.717) is 0 Å². The van der Waals surface area contributed by atoms with Gasteiger partial charge < -0.3 is 4.74 Å². The maximum absolute atomic E-state index is 10.9. The number of hydrogen-bond acceptors (Lipinski definition) is 3. The summed E-state index contributed by atoms with van der Waals surface area (Å²) >= 11 is 0. The van der Waals surface area contributed by atoms with Crippen LogP contribution in [-0.2, 0) is 16.1 Å². The van der Waals surface area contributed by atoms with Crippen LogP contribution >= 0.6 is 0 Å². The molecule has 92 valence electrons. The maximum atomic E-state index is 10.9. The Hall–Kier alpha value is -1.35. The molecule has 17 heavy (non-hydrogen) atoms. The second-order valence-electron chi connectivity index (χ2n) is 4.59. The molecule has 0 N–H and O–H groups in total. The van der Waals surface area contributed by atoms with Crippen LogP contribution < -0.4 is 0 Å². The van der Waals surface area contributed by atoms with Crippen LogP contribution in [0.3, 0.4) is 0 Å². The SMILES string of the molecule is CC(=O)O[C@H]1CCCN(Cc2ccccc2)C1. The second-order valence-corrected chi connectivity index (χ2v) is 4.59. The summed E-state index contributed by atoms with van der Waals surface area (Å²) < 4.78 is 5.28. The van der Waals surface area contributed by atoms with Gasteiger partial charge in [0.05, 0.1) is 0 Å². The highest BCUT2D eigenvalue weighted by atomic mass is 16.5. The molecule has 1 aliphatic rings. The highest BCUT2D eigenvalue weighted by Crippen LogP contribution is 2.16. The number of benzene rings is 1. The number of ether oxygens (including phenoxy) is 1. The Kier molecular flexibility index (Phi) is 4.15. The first kappa shape index (κ1) is 12.1. The first-order valence-electron chi connectivity index (χ1n) is 6.17. The van der Waals surface area contributed by atoms with Gasteiger partial charge in [-0.25, -0.2) is 0 Å². The second kappa shape index (κ2) is 5.82. The highest BCUT2D eigenvalue weighted by Gasteiger charge is 2.21. The van der Waals surface area contributed by atoms with Crippen LogP contribution in [0.5, 0.6) is 0 Å². The van der Waals surface area contributed by atoms with Crippen LogP contribution in [0.2, 0.25) is 0 Å². The summed E-state index contributed by atoms with van der Waals surface area (Å²) in [6.45, 7) is 4.37. The molecule has 0 spiro atoms. The fraction of sp³-hybridized carbons (Fsp3) is 0.500. The van der Waals surface area contributed by atoms with Gasteiger partial charge in [0.2, 0.25) is 0 Å². The van der Waals surface area contributed by atoms with Crippen molar-refractivity contribution in [2.45, 2.75) is 32.4 Å². The highest BCUT2D eigenvalue weighted by molar-refractivity contribution is 5.66. The van der Waals surface area contributed by atoms with E-state index in [-0.39, 0.29) is 12.1 Å². The van der Waals surface area contributed by atoms with Crippen molar-refractivity contribution in [3.63, 3.8) is 0 Å². The monoisotopic (exact) mass is 233 g/mol. The largest absolute Gasteiger partial charge is 0.461 e. The molecular formula is C14H19NO2. The molecule has 0 saturated carbocycles. The molecule has 0 bridgehead atoms. The van der Waals surface area contributed by atoms with Crippen molar-refractivity contribution in [3.8, 4) is 0 Å². The predicted molar refractivity (Wildman–Crippen MR) is 66.5 cm³/mol. The van der Waals surface area contributed by atoms with Gasteiger partial charge in [0.1, 0.15) is 6.10 Å². The van der Waals surface area contributed by atoms with Crippen molar-refractivity contribution >= 4 is 5.97 Å². The van der Waals surface area contributed by atoms with Crippen LogP contribution in [-0.4, -0.2) is 30.1 Å². The minimum atomic E-state index is -0.170. The molecule has 3 nitrogen and oxygen atoms in total. The van der Waals surface area contributed by atoms with Gasteiger partial charge in [0.15, 0.2) is 0 Å². The molecule has 2 rings (SSSR count). The number of carbonyl (C=O) groups excluding carboxylic acids is 1. The zero-order valence-electron chi connectivity index (χ0n) is 10.3. The van der Waals surface area contributed by atoms with Gasteiger partial charge in [-0.05, 0) is 24.9 Å². The summed E-state index contributed by atoms with van der Waals surface area (Å²) in [5.41, 5.74) is 1.32. The maximum Gasteiger partial charge on any atom is 0.302 e. The van der Waals surface area contributed by atoms with Crippen molar-refractivity contribution in [1.82, 2.24) is 4.90 Å². The lowest BCUT2D eigenvalue weighted by molar-refractivity contribution is -0.148. The van der Waals surface area contributed by atoms with Crippen LogP contribution in [0.1, 0.15) is 25.3 Å². The lowest BCUT2D eigenvalue weighted by Crippen LogP contribution is -2.39. The first-order chi connectivity index (χ1) is 8.24. The van der Waals surface area contributed by atoms with Crippen LogP contribution in [0.15, 0.2) is 30.3 Å². The Morgan fingerprint density at radius 1 is 1.41 bits per heavy atom. The minimum Gasteiger partial charge on any atom is -0.461 e. The van der Waals surface area contributed by atoms with Gasteiger partial charge in [-0.1, -0.05) is 30.3 Å². The fourth-order valence-electron chi connectivity index (χ4n) is 2.33. The lowest BCUT2D eigenvalue weighted by Gasteiger charge is -2.32. The van der Waals surface area contributed by atoms with Crippen molar-refractivity contribution in [2.24, 2.45) is 0 Å². The van der Waals surface area contributed by atoms with Crippen molar-refractivity contribution in [2.75, 3.05) is 13.1 Å². The molecule has 1 heterocycles. The predicted octanol–water partition coefficient (Wildman–Crippen LogP) is 2.21. The molecule has 1 aliphatic heterocycles. The zero-order chi connectivity index (χ0) is 12.1. The fourth-order valence-corrected chi connectivity index (χ4v) is 2.33. The topological polar surface area (TPSA) is 29.5 Å². The van der Waals surface area contributed by atoms with E-state index in [4.69, 9.17) is 4.74 Å². The molecule has 0 aromatic heterocycles. The summed E-state index contributed by atoms with van der Waals surface area (Å²) in [6, 6.07) is 10.4. The van der Waals surface area contributed by atoms with E-state index < -0.39 is 0 Å².